The van der Waals surface area contributed by atoms with E-state index in [2.05, 4.69) is 232 Å². The Bertz CT molecular complexity index is 5000. The normalized spacial score (nSPS) is 13.3. The summed E-state index contributed by atoms with van der Waals surface area (Å²) in [5, 5.41) is 95.6. The Morgan fingerprint density at radius 2 is 0.661 bits per heavy atom. The number of benzene rings is 9. The summed E-state index contributed by atoms with van der Waals surface area (Å²) < 4.78 is 8.41. The molecule has 37 heteroatoms. The zero-order valence-electron chi connectivity index (χ0n) is 72.0. The second-order valence-electron chi connectivity index (χ2n) is 27.6. The molecule has 0 unspecified atom stereocenters. The molecular weight excluding hydrogens is 2290 g/mol. The number of aliphatic imine (C=N–C) groups is 9. The molecule has 0 bridgehead atoms. The molecule has 9 aromatic rings. The number of hydrogen-bond donors (Lipinski definition) is 19. The minimum absolute atomic E-state index is 0.0972. The molecule has 0 heterocycles. The lowest BCUT2D eigenvalue weighted by atomic mass is 10.1. The maximum Gasteiger partial charge on any atom is 0.130 e. The first-order valence-corrected chi connectivity index (χ1v) is 46.6. The molecule has 28 N–H and O–H groups in total. The van der Waals surface area contributed by atoms with E-state index in [9.17, 15) is 51.1 Å². The Balaban J connectivity index is 0.000000715. The summed E-state index contributed by atoms with van der Waals surface area (Å²) in [6, 6.07) is 58.9. The topological polar surface area (TPSA) is 548 Å². The van der Waals surface area contributed by atoms with Crippen molar-refractivity contribution in [3.05, 3.63) is 283 Å². The highest BCUT2D eigenvalue weighted by molar-refractivity contribution is 14.1. The number of rotatable bonds is 27. The number of nitrogens with zero attached hydrogens (tertiary/aromatic N) is 9. The molecule has 0 amide bonds. The lowest BCUT2D eigenvalue weighted by molar-refractivity contribution is 0.186. The summed E-state index contributed by atoms with van der Waals surface area (Å²) in [7, 11) is 0. The van der Waals surface area contributed by atoms with Gasteiger partial charge >= 0.3 is 0 Å². The van der Waals surface area contributed by atoms with E-state index in [0.29, 0.717) is 110 Å². The van der Waals surface area contributed by atoms with Crippen molar-refractivity contribution in [2.24, 2.45) is 96.5 Å². The highest BCUT2D eigenvalue weighted by Gasteiger charge is 2.15. The zero-order valence-corrected chi connectivity index (χ0v) is 87.4. The van der Waals surface area contributed by atoms with Crippen molar-refractivity contribution >= 4 is 209 Å². The molecule has 9 aromatic carbocycles. The van der Waals surface area contributed by atoms with Crippen LogP contribution in [0, 0.1) is 7.14 Å². The number of aromatic hydroxyl groups is 4. The fraction of sp³-hybridized carbons (Fsp3) is 0.300. The van der Waals surface area contributed by atoms with Gasteiger partial charge in [0.05, 0.1) is 133 Å². The van der Waals surface area contributed by atoms with Crippen LogP contribution in [0.25, 0.3) is 0 Å². The summed E-state index contributed by atoms with van der Waals surface area (Å²) in [6.07, 6.45) is -1.36. The van der Waals surface area contributed by atoms with Gasteiger partial charge in [-0.3, -0.25) is 44.9 Å². The third kappa shape index (κ3) is 56.9. The van der Waals surface area contributed by atoms with Crippen LogP contribution in [0.4, 0.5) is 0 Å². The number of phenolic OH excluding ortho intramolecular Hbond substituents is 4. The molecule has 28 nitrogen and oxygen atoms in total. The van der Waals surface area contributed by atoms with Crippen LogP contribution in [-0.4, -0.2) is 162 Å². The van der Waals surface area contributed by atoms with Gasteiger partial charge in [0.2, 0.25) is 0 Å². The number of aliphatic hydroxyl groups is 6. The molecule has 0 saturated carbocycles. The fourth-order valence-corrected chi connectivity index (χ4v) is 13.6. The van der Waals surface area contributed by atoms with Crippen LogP contribution in [0.5, 0.6) is 23.0 Å². The van der Waals surface area contributed by atoms with E-state index in [0.717, 1.165) is 80.5 Å². The van der Waals surface area contributed by atoms with Crippen molar-refractivity contribution in [1.29, 1.82) is 0 Å². The molecular formula is C90H117Br7I2N18O10. The van der Waals surface area contributed by atoms with Gasteiger partial charge in [0.1, 0.15) is 23.0 Å². The summed E-state index contributed by atoms with van der Waals surface area (Å²) in [4.78, 5) is 36.0. The lowest BCUT2D eigenvalue weighted by Crippen LogP contribution is -2.10. The highest BCUT2D eigenvalue weighted by Crippen LogP contribution is 2.31. The van der Waals surface area contributed by atoms with Crippen LogP contribution in [0.2, 0.25) is 0 Å². The molecule has 6 atom stereocenters. The largest absolute Gasteiger partial charge is 0.508 e. The van der Waals surface area contributed by atoms with Crippen molar-refractivity contribution in [1.82, 2.24) is 0 Å². The molecule has 0 aromatic heterocycles. The van der Waals surface area contributed by atoms with Gasteiger partial charge in [0.15, 0.2) is 0 Å². The monoisotopic (exact) mass is 2400 g/mol. The van der Waals surface area contributed by atoms with Crippen LogP contribution in [0.1, 0.15) is 149 Å². The molecule has 127 heavy (non-hydrogen) atoms. The summed E-state index contributed by atoms with van der Waals surface area (Å²) in [6.45, 7) is 19.2. The molecule has 0 radical (unpaired) electrons. The van der Waals surface area contributed by atoms with Crippen LogP contribution in [0.3, 0.4) is 0 Å². The molecule has 0 aliphatic rings. The summed E-state index contributed by atoms with van der Waals surface area (Å²) >= 11 is 27.7. The Hall–Kier alpha value is -8.01. The smallest absolute Gasteiger partial charge is 0.130 e. The third-order valence-corrected chi connectivity index (χ3v) is 22.1. The third-order valence-electron chi connectivity index (χ3n) is 16.0. The van der Waals surface area contributed by atoms with Crippen LogP contribution in [0.15, 0.2) is 270 Å². The molecule has 0 aliphatic carbocycles. The van der Waals surface area contributed by atoms with Crippen LogP contribution >= 0.6 is 157 Å². The first-order valence-electron chi connectivity index (χ1n) is 38.9. The number of amidine groups is 9. The van der Waals surface area contributed by atoms with E-state index in [4.69, 9.17) is 51.6 Å². The predicted octanol–water partition coefficient (Wildman–Crippen LogP) is 16.8. The maximum atomic E-state index is 9.77. The van der Waals surface area contributed by atoms with Gasteiger partial charge in [-0.25, -0.2) is 0 Å². The molecule has 0 fully saturated rings. The summed E-state index contributed by atoms with van der Waals surface area (Å²) in [5.74, 6) is 5.24. The molecule has 0 saturated heterocycles. The molecule has 9 rings (SSSR count). The van der Waals surface area contributed by atoms with Crippen molar-refractivity contribution in [2.45, 2.75) is 118 Å². The van der Waals surface area contributed by atoms with E-state index in [1.54, 1.807) is 97.9 Å². The maximum absolute atomic E-state index is 9.77. The predicted molar refractivity (Wildman–Crippen MR) is 564 cm³/mol. The molecule has 0 spiro atoms. The fourth-order valence-electron chi connectivity index (χ4n) is 9.63. The summed E-state index contributed by atoms with van der Waals surface area (Å²) in [5.41, 5.74) is 56.5. The van der Waals surface area contributed by atoms with Crippen LogP contribution < -0.4 is 51.6 Å². The van der Waals surface area contributed by atoms with Gasteiger partial charge < -0.3 is 103 Å². The first kappa shape index (κ1) is 117. The average Bonchev–Trinajstić information content (AvgIpc) is 0.923. The van der Waals surface area contributed by atoms with Crippen molar-refractivity contribution in [2.75, 3.05) is 58.9 Å². The van der Waals surface area contributed by atoms with E-state index >= 15 is 0 Å². The Morgan fingerprint density at radius 1 is 0.283 bits per heavy atom. The van der Waals surface area contributed by atoms with Gasteiger partial charge in [-0.1, -0.05) is 174 Å². The minimum atomic E-state index is -0.773. The Morgan fingerprint density at radius 3 is 1.12 bits per heavy atom. The molecule has 690 valence electrons. The number of halogens is 9. The number of hydrogen-bond acceptors (Lipinski definition) is 19. The second kappa shape index (κ2) is 66.4. The van der Waals surface area contributed by atoms with Gasteiger partial charge in [0.25, 0.3) is 0 Å². The molecule has 0 aliphatic heterocycles. The lowest BCUT2D eigenvalue weighted by Gasteiger charge is -2.10. The second-order valence-corrected chi connectivity index (χ2v) is 36.2. The van der Waals surface area contributed by atoms with Crippen molar-refractivity contribution in [3.8, 4) is 23.0 Å². The van der Waals surface area contributed by atoms with E-state index in [1.165, 1.54) is 39.0 Å². The van der Waals surface area contributed by atoms with E-state index in [-0.39, 0.29) is 36.9 Å². The number of aliphatic hydroxyl groups excluding tert-OH is 6. The van der Waals surface area contributed by atoms with Gasteiger partial charge in [-0.15, -0.1) is 0 Å². The first-order chi connectivity index (χ1) is 59.8. The Kier molecular flexibility index (Phi) is 61.1. The van der Waals surface area contributed by atoms with E-state index in [1.807, 2.05) is 104 Å². The average molecular weight is 2400 g/mol. The van der Waals surface area contributed by atoms with Gasteiger partial charge in [-0.2, -0.15) is 0 Å². The van der Waals surface area contributed by atoms with Gasteiger partial charge in [-0.05, 0) is 302 Å². The highest BCUT2D eigenvalue weighted by atomic mass is 131. The van der Waals surface area contributed by atoms with Crippen LogP contribution in [-0.2, 0) is 19.3 Å². The number of nitrogens with two attached hydrogens (primary N) is 9. The standard InChI is InChI=1S/3C10H13BrN2O2.3C10H13BrN2O.C10H13BrN2.C10H13IN2O.C10H13IN2/c1-6(12)13-5-10(15)7-2-8(11)4-9(14)3-7;1-6(12)13-5-10(15)8-4-7(14)2-3-9(8)11;1-6(12)13-5-10(15)7-2-3-8(11)9(14)4-7;1-7(12)13-6-10(14)8-2-4-9(11)5-3-8;1-7(12)13-6-10(14)8-3-2-4-9(11)5-8;1-7(12)13-6-10(14)8-4-2-3-5-9(8)11;1-8(12)13-7-6-9-4-2-3-5-10(9)11;1-7(12)13-5-4-8-6-9(14)2-3-10(8)11;1-8(12)13-7-6-9-2-4-10(11)5-3-9/h3*2-4,10,14-15H,5H2,1H3,(H2,12,13);3*2-5,10,14H,6H2,1H3,(H2,12,13);2-5H,6-7H2,1H3,(H2,12,13);2-3,6,14H,4-5H2,1H3,(H2,12,13);2-5H,6-7H2,1H3,(H2,12,13)/t6*10-;;;/m000000.../s1/i7*11-4;2*11+4. The Labute approximate surface area is 831 Å². The minimum Gasteiger partial charge on any atom is -0.508 e. The van der Waals surface area contributed by atoms with Gasteiger partial charge in [0, 0.05) is 59.2 Å². The quantitative estimate of drug-likeness (QED) is 0.0129. The SMILES string of the molecule is CC(N)=NCCc1cc(O)ccc1[131I].CC(N)=NCCc1ccc([131I])cc1.CC(N)=NCCc1ccccc1[76Br].CC(N)=NC[C@H](O)c1cc(O)cc([76Br])c1.CC(N)=NC[C@H](O)c1cc(O)ccc1[76Br].CC(N)=NC[C@H](O)c1ccc([76Br])c(O)c1.CC(N)=NC[C@H](O)c1ccc([76Br])cc1.CC(N)=NC[C@H](O)c1cccc([76Br])c1.CC(N)=NC[C@H](O)c1ccccc1[76Br]. The number of phenols is 4. The van der Waals surface area contributed by atoms with Crippen molar-refractivity contribution < 1.29 is 51.1 Å². The zero-order chi connectivity index (χ0) is 95.8. The van der Waals surface area contributed by atoms with E-state index < -0.39 is 36.6 Å². The van der Waals surface area contributed by atoms with Crippen molar-refractivity contribution in [3.63, 3.8) is 0 Å².